The molecule has 0 amide bonds. The molecule has 1 aliphatic rings. The molecule has 74 valence electrons. The minimum atomic E-state index is -0.973. The van der Waals surface area contributed by atoms with E-state index in [9.17, 15) is 4.79 Å². The van der Waals surface area contributed by atoms with E-state index < -0.39 is 11.5 Å². The van der Waals surface area contributed by atoms with Crippen LogP contribution in [-0.2, 0) is 5.54 Å². The lowest BCUT2D eigenvalue weighted by atomic mass is 9.99. The van der Waals surface area contributed by atoms with Crippen molar-refractivity contribution in [3.05, 3.63) is 34.3 Å². The Morgan fingerprint density at radius 3 is 2.64 bits per heavy atom. The fraction of sp³-hybridized carbons (Fsp3) is 0.300. The molecular weight excluding hydrogens is 202 g/mol. The van der Waals surface area contributed by atoms with Gasteiger partial charge in [-0.05, 0) is 30.5 Å². The number of rotatable bonds is 2. The highest BCUT2D eigenvalue weighted by Gasteiger charge is 2.42. The maximum Gasteiger partial charge on any atom is 0.336 e. The van der Waals surface area contributed by atoms with Crippen molar-refractivity contribution in [2.45, 2.75) is 18.4 Å². The molecule has 4 heteroatoms. The summed E-state index contributed by atoms with van der Waals surface area (Å²) in [5.74, 6) is -0.973. The number of hydrogen-bond donors (Lipinski definition) is 2. The molecule has 1 saturated carbocycles. The van der Waals surface area contributed by atoms with Gasteiger partial charge in [-0.25, -0.2) is 4.79 Å². The number of carboxylic acid groups (broad SMARTS) is 1. The van der Waals surface area contributed by atoms with Crippen molar-refractivity contribution in [1.29, 1.82) is 0 Å². The zero-order valence-electron chi connectivity index (χ0n) is 7.46. The second kappa shape index (κ2) is 2.97. The van der Waals surface area contributed by atoms with Crippen molar-refractivity contribution < 1.29 is 9.90 Å². The average Bonchev–Trinajstić information content (AvgIpc) is 2.84. The van der Waals surface area contributed by atoms with Crippen molar-refractivity contribution >= 4 is 17.6 Å². The summed E-state index contributed by atoms with van der Waals surface area (Å²) in [5.41, 5.74) is 6.43. The van der Waals surface area contributed by atoms with Crippen LogP contribution < -0.4 is 5.73 Å². The van der Waals surface area contributed by atoms with E-state index in [1.54, 1.807) is 12.1 Å². The van der Waals surface area contributed by atoms with E-state index in [-0.39, 0.29) is 5.56 Å². The molecule has 1 fully saturated rings. The Kier molecular flexibility index (Phi) is 2.01. The summed E-state index contributed by atoms with van der Waals surface area (Å²) < 4.78 is 0. The predicted molar refractivity (Wildman–Crippen MR) is 53.5 cm³/mol. The van der Waals surface area contributed by atoms with Gasteiger partial charge in [0.05, 0.1) is 5.56 Å². The van der Waals surface area contributed by atoms with Crippen LogP contribution in [0.2, 0.25) is 5.02 Å². The summed E-state index contributed by atoms with van der Waals surface area (Å²) in [4.78, 5) is 10.9. The van der Waals surface area contributed by atoms with Gasteiger partial charge < -0.3 is 10.8 Å². The maximum absolute atomic E-state index is 10.9. The van der Waals surface area contributed by atoms with Crippen LogP contribution in [0.25, 0.3) is 0 Å². The summed E-state index contributed by atoms with van der Waals surface area (Å²) in [6.07, 6.45) is 1.68. The zero-order chi connectivity index (χ0) is 10.3. The Balaban J connectivity index is 2.54. The maximum atomic E-state index is 10.9. The van der Waals surface area contributed by atoms with E-state index >= 15 is 0 Å². The fourth-order valence-corrected chi connectivity index (χ4v) is 1.70. The zero-order valence-corrected chi connectivity index (χ0v) is 8.21. The second-order valence-electron chi connectivity index (χ2n) is 3.65. The van der Waals surface area contributed by atoms with Gasteiger partial charge in [0.15, 0.2) is 0 Å². The van der Waals surface area contributed by atoms with Gasteiger partial charge in [0.1, 0.15) is 0 Å². The fourth-order valence-electron chi connectivity index (χ4n) is 1.53. The van der Waals surface area contributed by atoms with Gasteiger partial charge in [0.25, 0.3) is 0 Å². The largest absolute Gasteiger partial charge is 0.478 e. The molecule has 3 N–H and O–H groups in total. The smallest absolute Gasteiger partial charge is 0.336 e. The summed E-state index contributed by atoms with van der Waals surface area (Å²) in [6, 6.07) is 4.83. The number of aromatic carboxylic acids is 1. The van der Waals surface area contributed by atoms with Crippen LogP contribution in [-0.4, -0.2) is 11.1 Å². The summed E-state index contributed by atoms with van der Waals surface area (Å²) in [7, 11) is 0. The molecule has 14 heavy (non-hydrogen) atoms. The first-order valence-corrected chi connectivity index (χ1v) is 4.73. The van der Waals surface area contributed by atoms with E-state index in [1.807, 2.05) is 0 Å². The van der Waals surface area contributed by atoms with Crippen molar-refractivity contribution in [3.8, 4) is 0 Å². The molecule has 0 heterocycles. The molecule has 1 aromatic rings. The predicted octanol–water partition coefficient (Wildman–Crippen LogP) is 1.99. The van der Waals surface area contributed by atoms with Gasteiger partial charge in [0.2, 0.25) is 0 Å². The molecule has 1 aromatic carbocycles. The monoisotopic (exact) mass is 211 g/mol. The molecule has 2 rings (SSSR count). The van der Waals surface area contributed by atoms with Crippen LogP contribution in [0.3, 0.4) is 0 Å². The normalized spacial score (nSPS) is 17.9. The first-order chi connectivity index (χ1) is 6.53. The third-order valence-electron chi connectivity index (χ3n) is 2.54. The van der Waals surface area contributed by atoms with E-state index in [0.29, 0.717) is 10.6 Å². The topological polar surface area (TPSA) is 63.3 Å². The number of halogens is 1. The molecule has 0 spiro atoms. The standard InChI is InChI=1S/C10H10ClNO2/c11-6-1-2-8(10(12)3-4-10)7(5-6)9(13)14/h1-2,5H,3-4,12H2,(H,13,14). The van der Waals surface area contributed by atoms with Crippen LogP contribution >= 0.6 is 11.6 Å². The Morgan fingerprint density at radius 2 is 2.14 bits per heavy atom. The second-order valence-corrected chi connectivity index (χ2v) is 4.09. The lowest BCUT2D eigenvalue weighted by Gasteiger charge is -2.12. The highest BCUT2D eigenvalue weighted by molar-refractivity contribution is 6.31. The van der Waals surface area contributed by atoms with Crippen molar-refractivity contribution in [3.63, 3.8) is 0 Å². The third-order valence-corrected chi connectivity index (χ3v) is 2.77. The van der Waals surface area contributed by atoms with Crippen LogP contribution in [0.5, 0.6) is 0 Å². The molecule has 0 saturated heterocycles. The molecule has 3 nitrogen and oxygen atoms in total. The molecule has 0 aromatic heterocycles. The van der Waals surface area contributed by atoms with Crippen LogP contribution in [0.15, 0.2) is 18.2 Å². The number of hydrogen-bond acceptors (Lipinski definition) is 2. The number of carbonyl (C=O) groups is 1. The first kappa shape index (κ1) is 9.49. The van der Waals surface area contributed by atoms with Crippen LogP contribution in [0.4, 0.5) is 0 Å². The van der Waals surface area contributed by atoms with Crippen molar-refractivity contribution in [1.82, 2.24) is 0 Å². The minimum Gasteiger partial charge on any atom is -0.478 e. The molecule has 0 unspecified atom stereocenters. The highest BCUT2D eigenvalue weighted by atomic mass is 35.5. The number of nitrogens with two attached hydrogens (primary N) is 1. The van der Waals surface area contributed by atoms with Crippen molar-refractivity contribution in [2.24, 2.45) is 5.73 Å². The van der Waals surface area contributed by atoms with Gasteiger partial charge in [-0.15, -0.1) is 0 Å². The Hall–Kier alpha value is -1.06. The Bertz CT molecular complexity index is 399. The lowest BCUT2D eigenvalue weighted by molar-refractivity contribution is 0.0695. The summed E-state index contributed by atoms with van der Waals surface area (Å²) in [5, 5.41) is 9.39. The molecule has 0 atom stereocenters. The van der Waals surface area contributed by atoms with Crippen LogP contribution in [0, 0.1) is 0 Å². The third kappa shape index (κ3) is 1.49. The molecular formula is C10H10ClNO2. The van der Waals surface area contributed by atoms with Gasteiger partial charge in [0, 0.05) is 10.6 Å². The number of carboxylic acids is 1. The summed E-state index contributed by atoms with van der Waals surface area (Å²) >= 11 is 5.73. The molecule has 0 radical (unpaired) electrons. The Morgan fingerprint density at radius 1 is 1.50 bits per heavy atom. The SMILES string of the molecule is NC1(c2ccc(Cl)cc2C(=O)O)CC1. The van der Waals surface area contributed by atoms with Crippen LogP contribution in [0.1, 0.15) is 28.8 Å². The molecule has 0 aliphatic heterocycles. The van der Waals surface area contributed by atoms with E-state index in [0.717, 1.165) is 12.8 Å². The summed E-state index contributed by atoms with van der Waals surface area (Å²) in [6.45, 7) is 0. The van der Waals surface area contributed by atoms with Gasteiger partial charge >= 0.3 is 5.97 Å². The number of benzene rings is 1. The lowest BCUT2D eigenvalue weighted by Crippen LogP contribution is -2.22. The van der Waals surface area contributed by atoms with Gasteiger partial charge in [-0.2, -0.15) is 0 Å². The van der Waals surface area contributed by atoms with E-state index in [2.05, 4.69) is 0 Å². The quantitative estimate of drug-likeness (QED) is 0.787. The van der Waals surface area contributed by atoms with E-state index in [4.69, 9.17) is 22.4 Å². The average molecular weight is 212 g/mol. The van der Waals surface area contributed by atoms with Gasteiger partial charge in [-0.3, -0.25) is 0 Å². The van der Waals surface area contributed by atoms with Crippen molar-refractivity contribution in [2.75, 3.05) is 0 Å². The molecule has 1 aliphatic carbocycles. The molecule has 0 bridgehead atoms. The van der Waals surface area contributed by atoms with Gasteiger partial charge in [-0.1, -0.05) is 17.7 Å². The first-order valence-electron chi connectivity index (χ1n) is 4.35. The van der Waals surface area contributed by atoms with E-state index in [1.165, 1.54) is 6.07 Å². The minimum absolute atomic E-state index is 0.220. The highest BCUT2D eigenvalue weighted by Crippen LogP contribution is 2.44. The Labute approximate surface area is 86.5 Å².